The Morgan fingerprint density at radius 2 is 2.10 bits per heavy atom. The number of hydrogen-bond acceptors (Lipinski definition) is 4. The Balaban J connectivity index is 1.87. The summed E-state index contributed by atoms with van der Waals surface area (Å²) >= 11 is 0. The van der Waals surface area contributed by atoms with Crippen molar-refractivity contribution in [2.45, 2.75) is 32.4 Å². The van der Waals surface area contributed by atoms with Crippen LogP contribution in [-0.2, 0) is 6.54 Å². The van der Waals surface area contributed by atoms with E-state index in [4.69, 9.17) is 5.73 Å². The summed E-state index contributed by atoms with van der Waals surface area (Å²) in [6.45, 7) is 2.63. The number of nitrogens with zero attached hydrogens (tertiary/aromatic N) is 3. The Labute approximate surface area is 118 Å². The van der Waals surface area contributed by atoms with Crippen molar-refractivity contribution in [3.05, 3.63) is 41.0 Å². The van der Waals surface area contributed by atoms with Gasteiger partial charge in [-0.15, -0.1) is 0 Å². The van der Waals surface area contributed by atoms with Crippen LogP contribution < -0.4 is 11.1 Å². The van der Waals surface area contributed by atoms with Crippen LogP contribution in [0.2, 0.25) is 0 Å². The van der Waals surface area contributed by atoms with Crippen molar-refractivity contribution < 1.29 is 0 Å². The van der Waals surface area contributed by atoms with E-state index in [9.17, 15) is 5.26 Å². The van der Waals surface area contributed by atoms with Crippen molar-refractivity contribution in [1.82, 2.24) is 9.78 Å². The smallest absolute Gasteiger partial charge is 0.168 e. The molecule has 1 aromatic carbocycles. The minimum absolute atomic E-state index is 0.427. The molecule has 0 atom stereocenters. The maximum Gasteiger partial charge on any atom is 0.168 e. The number of rotatable bonds is 4. The number of nitriles is 1. The summed E-state index contributed by atoms with van der Waals surface area (Å²) in [6, 6.07) is 10.8. The molecule has 5 heteroatoms. The quantitative estimate of drug-likeness (QED) is 0.890. The maximum absolute atomic E-state index is 9.23. The highest BCUT2D eigenvalue weighted by atomic mass is 15.3. The highest BCUT2D eigenvalue weighted by Gasteiger charge is 2.25. The third-order valence-corrected chi connectivity index (χ3v) is 3.47. The van der Waals surface area contributed by atoms with Crippen molar-refractivity contribution in [2.75, 3.05) is 11.1 Å². The number of nitrogen functional groups attached to an aromatic ring is 1. The first-order chi connectivity index (χ1) is 9.67. The minimum atomic E-state index is 0.427. The van der Waals surface area contributed by atoms with E-state index in [0.29, 0.717) is 29.8 Å². The summed E-state index contributed by atoms with van der Waals surface area (Å²) < 4.78 is 1.69. The second kappa shape index (κ2) is 4.89. The summed E-state index contributed by atoms with van der Waals surface area (Å²) in [4.78, 5) is 0. The maximum atomic E-state index is 9.23. The third kappa shape index (κ3) is 2.45. The summed E-state index contributed by atoms with van der Waals surface area (Å²) in [7, 11) is 0. The van der Waals surface area contributed by atoms with E-state index in [2.05, 4.69) is 47.7 Å². The number of nitrogens with two attached hydrogens (primary N) is 1. The second-order valence-corrected chi connectivity index (χ2v) is 5.28. The fourth-order valence-electron chi connectivity index (χ4n) is 2.09. The molecule has 3 rings (SSSR count). The predicted octanol–water partition coefficient (Wildman–Crippen LogP) is 2.27. The zero-order valence-corrected chi connectivity index (χ0v) is 11.4. The second-order valence-electron chi connectivity index (χ2n) is 5.28. The number of nitrogens with one attached hydrogen (secondary N) is 1. The largest absolute Gasteiger partial charge is 0.383 e. The molecular formula is C15H17N5. The van der Waals surface area contributed by atoms with E-state index in [-0.39, 0.29) is 0 Å². The Morgan fingerprint density at radius 3 is 2.70 bits per heavy atom. The van der Waals surface area contributed by atoms with Gasteiger partial charge in [0.2, 0.25) is 0 Å². The topological polar surface area (TPSA) is 79.7 Å². The van der Waals surface area contributed by atoms with Gasteiger partial charge in [0.15, 0.2) is 5.82 Å². The summed E-state index contributed by atoms with van der Waals surface area (Å²) in [5, 5.41) is 16.9. The molecule has 0 spiro atoms. The van der Waals surface area contributed by atoms with Crippen LogP contribution in [0.25, 0.3) is 0 Å². The number of hydrogen-bond donors (Lipinski definition) is 2. The molecule has 0 saturated heterocycles. The van der Waals surface area contributed by atoms with Gasteiger partial charge in [-0.05, 0) is 25.3 Å². The molecular weight excluding hydrogens is 250 g/mol. The molecule has 1 aliphatic carbocycles. The van der Waals surface area contributed by atoms with Crippen LogP contribution in [0.1, 0.15) is 29.5 Å². The predicted molar refractivity (Wildman–Crippen MR) is 78.3 cm³/mol. The number of aryl methyl sites for hydroxylation is 1. The van der Waals surface area contributed by atoms with Crippen LogP contribution in [0.15, 0.2) is 24.3 Å². The fourth-order valence-corrected chi connectivity index (χ4v) is 2.09. The average molecular weight is 267 g/mol. The normalized spacial score (nSPS) is 14.0. The molecule has 0 bridgehead atoms. The van der Waals surface area contributed by atoms with Crippen molar-refractivity contribution in [3.63, 3.8) is 0 Å². The molecule has 5 nitrogen and oxygen atoms in total. The molecule has 102 valence electrons. The van der Waals surface area contributed by atoms with Crippen LogP contribution >= 0.6 is 0 Å². The standard InChI is InChI=1S/C15H17N5/c1-10-2-4-11(5-3-10)9-20-14(17)13(8-16)15(19-20)18-12-6-7-12/h2-5,12H,6-7,9,17H2,1H3,(H,18,19). The van der Waals surface area contributed by atoms with Crippen LogP contribution in [-0.4, -0.2) is 15.8 Å². The van der Waals surface area contributed by atoms with Gasteiger partial charge in [-0.3, -0.25) is 0 Å². The van der Waals surface area contributed by atoms with Gasteiger partial charge < -0.3 is 11.1 Å². The third-order valence-electron chi connectivity index (χ3n) is 3.47. The van der Waals surface area contributed by atoms with E-state index >= 15 is 0 Å². The van der Waals surface area contributed by atoms with Crippen LogP contribution in [0.4, 0.5) is 11.6 Å². The van der Waals surface area contributed by atoms with Gasteiger partial charge in [-0.25, -0.2) is 4.68 Å². The monoisotopic (exact) mass is 267 g/mol. The van der Waals surface area contributed by atoms with E-state index in [1.54, 1.807) is 4.68 Å². The molecule has 1 heterocycles. The molecule has 3 N–H and O–H groups in total. The molecule has 0 amide bonds. The van der Waals surface area contributed by atoms with E-state index in [1.807, 2.05) is 0 Å². The lowest BCUT2D eigenvalue weighted by atomic mass is 10.1. The molecule has 1 aliphatic rings. The van der Waals surface area contributed by atoms with Crippen LogP contribution in [0.5, 0.6) is 0 Å². The highest BCUT2D eigenvalue weighted by molar-refractivity contribution is 5.64. The lowest BCUT2D eigenvalue weighted by Crippen LogP contribution is -2.07. The first kappa shape index (κ1) is 12.5. The number of aromatic nitrogens is 2. The van der Waals surface area contributed by atoms with Gasteiger partial charge in [-0.1, -0.05) is 29.8 Å². The summed E-state index contributed by atoms with van der Waals surface area (Å²) in [5.41, 5.74) is 8.81. The summed E-state index contributed by atoms with van der Waals surface area (Å²) in [6.07, 6.45) is 2.27. The van der Waals surface area contributed by atoms with Gasteiger partial charge in [0.1, 0.15) is 17.5 Å². The average Bonchev–Trinajstić information content (AvgIpc) is 3.19. The first-order valence-corrected chi connectivity index (χ1v) is 6.76. The molecule has 1 saturated carbocycles. The SMILES string of the molecule is Cc1ccc(Cn2nc(NC3CC3)c(C#N)c2N)cc1. The van der Waals surface area contributed by atoms with E-state index in [0.717, 1.165) is 18.4 Å². The molecule has 0 radical (unpaired) electrons. The zero-order valence-electron chi connectivity index (χ0n) is 11.4. The first-order valence-electron chi connectivity index (χ1n) is 6.76. The van der Waals surface area contributed by atoms with Crippen molar-refractivity contribution in [2.24, 2.45) is 0 Å². The Morgan fingerprint density at radius 1 is 1.40 bits per heavy atom. The van der Waals surface area contributed by atoms with Gasteiger partial charge in [0.25, 0.3) is 0 Å². The van der Waals surface area contributed by atoms with Gasteiger partial charge in [0, 0.05) is 6.04 Å². The molecule has 0 unspecified atom stereocenters. The van der Waals surface area contributed by atoms with E-state index in [1.165, 1.54) is 5.56 Å². The van der Waals surface area contributed by atoms with Crippen molar-refractivity contribution in [3.8, 4) is 6.07 Å². The van der Waals surface area contributed by atoms with Crippen LogP contribution in [0, 0.1) is 18.3 Å². The molecule has 1 aromatic heterocycles. The van der Waals surface area contributed by atoms with Gasteiger partial charge in [0.05, 0.1) is 6.54 Å². The molecule has 20 heavy (non-hydrogen) atoms. The van der Waals surface area contributed by atoms with Crippen LogP contribution in [0.3, 0.4) is 0 Å². The van der Waals surface area contributed by atoms with Gasteiger partial charge in [-0.2, -0.15) is 10.4 Å². The summed E-state index contributed by atoms with van der Waals surface area (Å²) in [5.74, 6) is 1.04. The zero-order chi connectivity index (χ0) is 14.1. The number of benzene rings is 1. The Hall–Kier alpha value is -2.48. The fraction of sp³-hybridized carbons (Fsp3) is 0.333. The Bertz CT molecular complexity index is 659. The van der Waals surface area contributed by atoms with Crippen molar-refractivity contribution >= 4 is 11.6 Å². The lowest BCUT2D eigenvalue weighted by Gasteiger charge is -2.04. The Kier molecular flexibility index (Phi) is 3.07. The highest BCUT2D eigenvalue weighted by Crippen LogP contribution is 2.28. The van der Waals surface area contributed by atoms with Crippen molar-refractivity contribution in [1.29, 1.82) is 5.26 Å². The lowest BCUT2D eigenvalue weighted by molar-refractivity contribution is 0.698. The molecule has 2 aromatic rings. The molecule has 1 fully saturated rings. The van der Waals surface area contributed by atoms with E-state index < -0.39 is 0 Å². The number of anilines is 2. The minimum Gasteiger partial charge on any atom is -0.383 e. The molecule has 0 aliphatic heterocycles. The van der Waals surface area contributed by atoms with Gasteiger partial charge >= 0.3 is 0 Å².